The maximum atomic E-state index is 13.0. The van der Waals surface area contributed by atoms with Crippen molar-refractivity contribution < 1.29 is 14.3 Å². The minimum absolute atomic E-state index is 0.185. The topological polar surface area (TPSA) is 95.6 Å². The summed E-state index contributed by atoms with van der Waals surface area (Å²) in [6, 6.07) is 7.82. The van der Waals surface area contributed by atoms with Gasteiger partial charge < -0.3 is 20.7 Å². The van der Waals surface area contributed by atoms with Crippen LogP contribution in [-0.4, -0.2) is 61.1 Å². The summed E-state index contributed by atoms with van der Waals surface area (Å²) in [6.45, 7) is 5.69. The predicted octanol–water partition coefficient (Wildman–Crippen LogP) is 5.03. The van der Waals surface area contributed by atoms with Gasteiger partial charge in [-0.2, -0.15) is 0 Å². The van der Waals surface area contributed by atoms with Crippen LogP contribution in [0.15, 0.2) is 41.9 Å². The summed E-state index contributed by atoms with van der Waals surface area (Å²) in [5.74, 6) is -0.579. The van der Waals surface area contributed by atoms with E-state index in [1.807, 2.05) is 5.38 Å². The van der Waals surface area contributed by atoms with Crippen LogP contribution in [0, 0.1) is 0 Å². The molecule has 1 aliphatic rings. The Morgan fingerprint density at radius 2 is 1.81 bits per heavy atom. The summed E-state index contributed by atoms with van der Waals surface area (Å²) in [7, 11) is 0. The lowest BCUT2D eigenvalue weighted by atomic mass is 10.1. The lowest BCUT2D eigenvalue weighted by Gasteiger charge is -2.26. The highest BCUT2D eigenvalue weighted by atomic mass is 35.5. The molecule has 1 saturated heterocycles. The number of aromatic nitrogens is 1. The second kappa shape index (κ2) is 12.8. The van der Waals surface area contributed by atoms with Gasteiger partial charge in [0.1, 0.15) is 10.7 Å². The second-order valence-electron chi connectivity index (χ2n) is 7.99. The van der Waals surface area contributed by atoms with E-state index in [0.717, 1.165) is 45.0 Å². The number of benzene rings is 1. The highest BCUT2D eigenvalue weighted by Gasteiger charge is 2.20. The molecule has 12 heteroatoms. The Bertz CT molecular complexity index is 1220. The van der Waals surface area contributed by atoms with E-state index in [0.29, 0.717) is 38.0 Å². The SMILES string of the molecule is O=C(Nc1ccc(Cl)cn1)c1cc(Cl)ccc1NC(=O)c1scc(CNCCN2CCOCC2)c1Cl. The van der Waals surface area contributed by atoms with Gasteiger partial charge in [-0.25, -0.2) is 4.98 Å². The number of morpholine rings is 1. The molecular weight excluding hydrogens is 545 g/mol. The van der Waals surface area contributed by atoms with Crippen molar-refractivity contribution in [2.24, 2.45) is 0 Å². The number of carbonyl (C=O) groups excluding carboxylic acids is 2. The highest BCUT2D eigenvalue weighted by Crippen LogP contribution is 2.30. The van der Waals surface area contributed by atoms with E-state index in [1.54, 1.807) is 24.3 Å². The summed E-state index contributed by atoms with van der Waals surface area (Å²) in [5.41, 5.74) is 1.33. The molecule has 0 unspecified atom stereocenters. The van der Waals surface area contributed by atoms with Gasteiger partial charge in [-0.05, 0) is 41.3 Å². The zero-order chi connectivity index (χ0) is 25.5. The maximum absolute atomic E-state index is 13.0. The summed E-state index contributed by atoms with van der Waals surface area (Å²) in [5, 5.41) is 11.9. The third kappa shape index (κ3) is 7.17. The van der Waals surface area contributed by atoms with Gasteiger partial charge in [-0.3, -0.25) is 14.5 Å². The van der Waals surface area contributed by atoms with Crippen LogP contribution in [0.3, 0.4) is 0 Å². The molecule has 3 aromatic rings. The zero-order valence-electron chi connectivity index (χ0n) is 19.2. The van der Waals surface area contributed by atoms with Gasteiger partial charge in [-0.15, -0.1) is 11.3 Å². The van der Waals surface area contributed by atoms with Gasteiger partial charge in [0.2, 0.25) is 0 Å². The number of hydrogen-bond donors (Lipinski definition) is 3. The Morgan fingerprint density at radius 1 is 1.03 bits per heavy atom. The van der Waals surface area contributed by atoms with Crippen LogP contribution in [0.5, 0.6) is 0 Å². The molecule has 36 heavy (non-hydrogen) atoms. The van der Waals surface area contributed by atoms with Crippen LogP contribution in [-0.2, 0) is 11.3 Å². The number of anilines is 2. The molecule has 0 bridgehead atoms. The Balaban J connectivity index is 1.38. The molecule has 4 rings (SSSR count). The van der Waals surface area contributed by atoms with Crippen LogP contribution in [0.2, 0.25) is 15.1 Å². The molecule has 0 atom stereocenters. The van der Waals surface area contributed by atoms with Crippen molar-refractivity contribution in [1.82, 2.24) is 15.2 Å². The lowest BCUT2D eigenvalue weighted by molar-refractivity contribution is 0.0384. The van der Waals surface area contributed by atoms with Crippen molar-refractivity contribution in [2.45, 2.75) is 6.54 Å². The molecule has 8 nitrogen and oxygen atoms in total. The molecule has 0 aliphatic carbocycles. The lowest BCUT2D eigenvalue weighted by Crippen LogP contribution is -2.40. The van der Waals surface area contributed by atoms with Gasteiger partial charge in [-0.1, -0.05) is 34.8 Å². The minimum Gasteiger partial charge on any atom is -0.379 e. The normalized spacial score (nSPS) is 14.0. The Hall–Kier alpha value is -2.24. The number of ether oxygens (including phenoxy) is 1. The van der Waals surface area contributed by atoms with Crippen LogP contribution < -0.4 is 16.0 Å². The Kier molecular flexibility index (Phi) is 9.55. The number of halogens is 3. The molecule has 0 radical (unpaired) electrons. The number of amides is 2. The monoisotopic (exact) mass is 567 g/mol. The Morgan fingerprint density at radius 3 is 2.56 bits per heavy atom. The van der Waals surface area contributed by atoms with E-state index >= 15 is 0 Å². The van der Waals surface area contributed by atoms with Crippen LogP contribution in [0.25, 0.3) is 0 Å². The molecule has 0 saturated carbocycles. The first-order chi connectivity index (χ1) is 17.4. The van der Waals surface area contributed by atoms with Crippen LogP contribution in [0.1, 0.15) is 25.6 Å². The molecular formula is C24H24Cl3N5O3S. The summed E-state index contributed by atoms with van der Waals surface area (Å²) >= 11 is 19.7. The number of carbonyl (C=O) groups is 2. The molecule has 190 valence electrons. The number of hydrogen-bond acceptors (Lipinski definition) is 7. The number of thiophene rings is 1. The van der Waals surface area contributed by atoms with E-state index in [1.165, 1.54) is 23.6 Å². The largest absolute Gasteiger partial charge is 0.379 e. The van der Waals surface area contributed by atoms with Gasteiger partial charge in [0.25, 0.3) is 11.8 Å². The fraction of sp³-hybridized carbons (Fsp3) is 0.292. The van der Waals surface area contributed by atoms with E-state index < -0.39 is 11.8 Å². The summed E-state index contributed by atoms with van der Waals surface area (Å²) in [6.07, 6.45) is 1.42. The van der Waals surface area contributed by atoms with E-state index in [9.17, 15) is 9.59 Å². The standard InChI is InChI=1S/C24H24Cl3N5O3S/c25-16-1-3-19(18(11-16)23(33)31-20-4-2-17(26)13-29-20)30-24(34)22-21(27)15(14-36-22)12-28-5-6-32-7-9-35-10-8-32/h1-4,11,13-14,28H,5-10,12H2,(H,30,34)(H,29,31,33). The van der Waals surface area contributed by atoms with Crippen molar-refractivity contribution in [2.75, 3.05) is 50.0 Å². The third-order valence-electron chi connectivity index (χ3n) is 5.47. The second-order valence-corrected chi connectivity index (χ2v) is 10.1. The van der Waals surface area contributed by atoms with Crippen LogP contribution in [0.4, 0.5) is 11.5 Å². The summed E-state index contributed by atoms with van der Waals surface area (Å²) in [4.78, 5) is 32.7. The molecule has 0 spiro atoms. The summed E-state index contributed by atoms with van der Waals surface area (Å²) < 4.78 is 5.36. The Labute approximate surface area is 227 Å². The average molecular weight is 569 g/mol. The molecule has 3 N–H and O–H groups in total. The molecule has 2 amide bonds. The van der Waals surface area contributed by atoms with Crippen LogP contribution >= 0.6 is 46.1 Å². The quantitative estimate of drug-likeness (QED) is 0.314. The number of nitrogens with one attached hydrogen (secondary N) is 3. The third-order valence-corrected chi connectivity index (χ3v) is 7.50. The van der Waals surface area contributed by atoms with Crippen molar-refractivity contribution in [3.05, 3.63) is 73.0 Å². The van der Waals surface area contributed by atoms with Crippen molar-refractivity contribution in [3.8, 4) is 0 Å². The van der Waals surface area contributed by atoms with Crippen molar-refractivity contribution in [3.63, 3.8) is 0 Å². The fourth-order valence-electron chi connectivity index (χ4n) is 3.56. The number of nitrogens with zero attached hydrogens (tertiary/aromatic N) is 2. The molecule has 1 aromatic carbocycles. The molecule has 1 aliphatic heterocycles. The van der Waals surface area contributed by atoms with E-state index in [-0.39, 0.29) is 5.56 Å². The number of pyridine rings is 1. The van der Waals surface area contributed by atoms with E-state index in [2.05, 4.69) is 25.8 Å². The first-order valence-electron chi connectivity index (χ1n) is 11.2. The minimum atomic E-state index is -0.481. The maximum Gasteiger partial charge on any atom is 0.267 e. The smallest absolute Gasteiger partial charge is 0.267 e. The van der Waals surface area contributed by atoms with Crippen molar-refractivity contribution in [1.29, 1.82) is 0 Å². The predicted molar refractivity (Wildman–Crippen MR) is 145 cm³/mol. The first-order valence-corrected chi connectivity index (χ1v) is 13.2. The fourth-order valence-corrected chi connectivity index (χ4v) is 5.11. The van der Waals surface area contributed by atoms with Gasteiger partial charge in [0.15, 0.2) is 0 Å². The highest BCUT2D eigenvalue weighted by molar-refractivity contribution is 7.13. The van der Waals surface area contributed by atoms with Crippen molar-refractivity contribution >= 4 is 69.5 Å². The van der Waals surface area contributed by atoms with Gasteiger partial charge >= 0.3 is 0 Å². The molecule has 2 aromatic heterocycles. The average Bonchev–Trinajstić information content (AvgIpc) is 3.25. The zero-order valence-corrected chi connectivity index (χ0v) is 22.2. The number of rotatable bonds is 9. The van der Waals surface area contributed by atoms with Gasteiger partial charge in [0.05, 0.1) is 34.5 Å². The molecule has 1 fully saturated rings. The first kappa shape index (κ1) is 26.8. The van der Waals surface area contributed by atoms with E-state index in [4.69, 9.17) is 39.5 Å². The molecule has 3 heterocycles. The van der Waals surface area contributed by atoms with Gasteiger partial charge in [0, 0.05) is 43.9 Å².